The van der Waals surface area contributed by atoms with Gasteiger partial charge in [0.25, 0.3) is 0 Å². The maximum atomic E-state index is 11.2. The monoisotopic (exact) mass is 292 g/mol. The van der Waals surface area contributed by atoms with Crippen LogP contribution in [0.15, 0.2) is 0 Å². The number of nitrogens with two attached hydrogens (primary N) is 1. The fourth-order valence-electron chi connectivity index (χ4n) is 3.24. The molecule has 3 unspecified atom stereocenters. The molecule has 3 N–H and O–H groups in total. The zero-order valence-corrected chi connectivity index (χ0v) is 13.1. The SMILES string of the molecule is COC1(C(CCCS(C)(=O)=O)NN)CCCC(C)C1. The van der Waals surface area contributed by atoms with Crippen LogP contribution < -0.4 is 11.3 Å². The molecule has 114 valence electrons. The molecule has 0 bridgehead atoms. The van der Waals surface area contributed by atoms with Crippen LogP contribution in [0.25, 0.3) is 0 Å². The third-order valence-corrected chi connectivity index (χ3v) is 5.27. The molecule has 0 saturated heterocycles. The molecule has 0 aromatic heterocycles. The van der Waals surface area contributed by atoms with E-state index < -0.39 is 9.84 Å². The van der Waals surface area contributed by atoms with Crippen molar-refractivity contribution in [3.8, 4) is 0 Å². The zero-order valence-electron chi connectivity index (χ0n) is 12.3. The minimum atomic E-state index is -2.91. The number of hydrazine groups is 1. The summed E-state index contributed by atoms with van der Waals surface area (Å²) < 4.78 is 28.2. The first-order valence-electron chi connectivity index (χ1n) is 7.02. The van der Waals surface area contributed by atoms with Crippen molar-refractivity contribution in [1.29, 1.82) is 0 Å². The van der Waals surface area contributed by atoms with E-state index in [1.807, 2.05) is 0 Å². The van der Waals surface area contributed by atoms with Crippen molar-refractivity contribution in [1.82, 2.24) is 5.43 Å². The molecule has 1 aliphatic rings. The summed E-state index contributed by atoms with van der Waals surface area (Å²) in [7, 11) is -1.17. The zero-order chi connectivity index (χ0) is 14.5. The number of hydrogen-bond donors (Lipinski definition) is 2. The number of sulfone groups is 1. The highest BCUT2D eigenvalue weighted by Crippen LogP contribution is 2.38. The molecule has 6 heteroatoms. The Morgan fingerprint density at radius 2 is 2.21 bits per heavy atom. The van der Waals surface area contributed by atoms with E-state index in [9.17, 15) is 8.42 Å². The first-order valence-corrected chi connectivity index (χ1v) is 9.08. The van der Waals surface area contributed by atoms with Crippen molar-refractivity contribution in [3.63, 3.8) is 0 Å². The molecular weight excluding hydrogens is 264 g/mol. The molecule has 3 atom stereocenters. The fourth-order valence-corrected chi connectivity index (χ4v) is 3.93. The Morgan fingerprint density at radius 3 is 2.68 bits per heavy atom. The average molecular weight is 292 g/mol. The van der Waals surface area contributed by atoms with Crippen molar-refractivity contribution in [3.05, 3.63) is 0 Å². The molecule has 19 heavy (non-hydrogen) atoms. The molecule has 1 rings (SSSR count). The average Bonchev–Trinajstić information content (AvgIpc) is 2.33. The Hall–Kier alpha value is -0.170. The summed E-state index contributed by atoms with van der Waals surface area (Å²) in [5, 5.41) is 0. The predicted octanol–water partition coefficient (Wildman–Crippen LogP) is 1.24. The van der Waals surface area contributed by atoms with Crippen molar-refractivity contribution in [2.24, 2.45) is 11.8 Å². The van der Waals surface area contributed by atoms with E-state index in [2.05, 4.69) is 12.3 Å². The fraction of sp³-hybridized carbons (Fsp3) is 1.00. The van der Waals surface area contributed by atoms with Gasteiger partial charge in [-0.3, -0.25) is 11.3 Å². The summed E-state index contributed by atoms with van der Waals surface area (Å²) in [5.74, 6) is 6.51. The molecule has 1 fully saturated rings. The smallest absolute Gasteiger partial charge is 0.147 e. The third kappa shape index (κ3) is 5.02. The van der Waals surface area contributed by atoms with Gasteiger partial charge in [-0.15, -0.1) is 0 Å². The van der Waals surface area contributed by atoms with Gasteiger partial charge in [0.05, 0.1) is 11.6 Å². The van der Waals surface area contributed by atoms with Gasteiger partial charge < -0.3 is 4.74 Å². The van der Waals surface area contributed by atoms with E-state index in [0.717, 1.165) is 25.7 Å². The van der Waals surface area contributed by atoms with Gasteiger partial charge in [-0.05, 0) is 31.6 Å². The summed E-state index contributed by atoms with van der Waals surface area (Å²) in [6.45, 7) is 2.23. The van der Waals surface area contributed by atoms with Crippen molar-refractivity contribution < 1.29 is 13.2 Å². The Balaban J connectivity index is 2.64. The second-order valence-corrected chi connectivity index (χ2v) is 8.22. The Kier molecular flexibility index (Phi) is 6.23. The quantitative estimate of drug-likeness (QED) is 0.545. The molecular formula is C13H28N2O3S. The highest BCUT2D eigenvalue weighted by Gasteiger charge is 2.41. The van der Waals surface area contributed by atoms with Crippen molar-refractivity contribution in [2.75, 3.05) is 19.1 Å². The summed E-state index contributed by atoms with van der Waals surface area (Å²) in [4.78, 5) is 0. The molecule has 0 aromatic rings. The van der Waals surface area contributed by atoms with Crippen LogP contribution in [-0.4, -0.2) is 39.2 Å². The van der Waals surface area contributed by atoms with Gasteiger partial charge in [0.2, 0.25) is 0 Å². The minimum Gasteiger partial charge on any atom is -0.377 e. The maximum absolute atomic E-state index is 11.2. The highest BCUT2D eigenvalue weighted by molar-refractivity contribution is 7.90. The largest absolute Gasteiger partial charge is 0.377 e. The van der Waals surface area contributed by atoms with E-state index in [1.165, 1.54) is 12.7 Å². The molecule has 1 aliphatic carbocycles. The molecule has 5 nitrogen and oxygen atoms in total. The standard InChI is InChI=1S/C13H28N2O3S/c1-11-6-4-8-13(10-11,18-2)12(15-14)7-5-9-19(3,16)17/h11-12,15H,4-10,14H2,1-3H3. The van der Waals surface area contributed by atoms with Crippen LogP contribution in [0, 0.1) is 5.92 Å². The van der Waals surface area contributed by atoms with Crippen LogP contribution in [0.4, 0.5) is 0 Å². The highest BCUT2D eigenvalue weighted by atomic mass is 32.2. The topological polar surface area (TPSA) is 81.4 Å². The van der Waals surface area contributed by atoms with Gasteiger partial charge in [0, 0.05) is 19.1 Å². The summed E-state index contributed by atoms with van der Waals surface area (Å²) in [6, 6.07) is 0.0157. The molecule has 0 amide bonds. The van der Waals surface area contributed by atoms with E-state index in [4.69, 9.17) is 10.6 Å². The van der Waals surface area contributed by atoms with Crippen LogP contribution in [0.2, 0.25) is 0 Å². The Morgan fingerprint density at radius 1 is 1.53 bits per heavy atom. The van der Waals surface area contributed by atoms with Crippen LogP contribution >= 0.6 is 0 Å². The predicted molar refractivity (Wildman–Crippen MR) is 77.4 cm³/mol. The van der Waals surface area contributed by atoms with Crippen LogP contribution in [0.3, 0.4) is 0 Å². The number of ether oxygens (including phenoxy) is 1. The van der Waals surface area contributed by atoms with Crippen LogP contribution in [0.5, 0.6) is 0 Å². The first-order chi connectivity index (χ1) is 8.83. The van der Waals surface area contributed by atoms with Gasteiger partial charge in [-0.2, -0.15) is 0 Å². The second kappa shape index (κ2) is 7.02. The number of rotatable bonds is 7. The number of methoxy groups -OCH3 is 1. The second-order valence-electron chi connectivity index (χ2n) is 5.96. The minimum absolute atomic E-state index is 0.0157. The van der Waals surface area contributed by atoms with E-state index in [1.54, 1.807) is 7.11 Å². The lowest BCUT2D eigenvalue weighted by atomic mass is 9.73. The summed E-state index contributed by atoms with van der Waals surface area (Å²) >= 11 is 0. The first kappa shape index (κ1) is 16.9. The molecule has 1 saturated carbocycles. The normalized spacial score (nSPS) is 30.2. The molecule has 0 radical (unpaired) electrons. The van der Waals surface area contributed by atoms with Gasteiger partial charge in [0.1, 0.15) is 9.84 Å². The number of hydrogen-bond acceptors (Lipinski definition) is 5. The van der Waals surface area contributed by atoms with Crippen molar-refractivity contribution >= 4 is 9.84 Å². The third-order valence-electron chi connectivity index (χ3n) is 4.24. The van der Waals surface area contributed by atoms with E-state index in [-0.39, 0.29) is 17.4 Å². The van der Waals surface area contributed by atoms with Gasteiger partial charge in [0.15, 0.2) is 0 Å². The van der Waals surface area contributed by atoms with Gasteiger partial charge in [-0.1, -0.05) is 19.8 Å². The Labute approximate surface area is 117 Å². The lowest BCUT2D eigenvalue weighted by Gasteiger charge is -2.44. The summed E-state index contributed by atoms with van der Waals surface area (Å²) in [6.07, 6.45) is 6.95. The molecule has 0 spiro atoms. The van der Waals surface area contributed by atoms with Crippen LogP contribution in [-0.2, 0) is 14.6 Å². The van der Waals surface area contributed by atoms with Crippen molar-refractivity contribution in [2.45, 2.75) is 57.1 Å². The van der Waals surface area contributed by atoms with E-state index in [0.29, 0.717) is 12.3 Å². The number of nitrogens with one attached hydrogen (secondary N) is 1. The lowest BCUT2D eigenvalue weighted by Crippen LogP contribution is -2.56. The molecule has 0 heterocycles. The van der Waals surface area contributed by atoms with Crippen LogP contribution in [0.1, 0.15) is 45.4 Å². The van der Waals surface area contributed by atoms with E-state index >= 15 is 0 Å². The van der Waals surface area contributed by atoms with Gasteiger partial charge in [-0.25, -0.2) is 8.42 Å². The molecule has 0 aromatic carbocycles. The molecule has 0 aliphatic heterocycles. The van der Waals surface area contributed by atoms with Gasteiger partial charge >= 0.3 is 0 Å². The lowest BCUT2D eigenvalue weighted by molar-refractivity contribution is -0.0810. The summed E-state index contributed by atoms with van der Waals surface area (Å²) in [5.41, 5.74) is 2.60. The Bertz CT molecular complexity index is 372. The maximum Gasteiger partial charge on any atom is 0.147 e.